The second-order valence-corrected chi connectivity index (χ2v) is 4.78. The highest BCUT2D eigenvalue weighted by Crippen LogP contribution is 2.40. The summed E-state index contributed by atoms with van der Waals surface area (Å²) < 4.78 is 10.8. The molecular formula is C19H14O4. The Labute approximate surface area is 133 Å². The summed E-state index contributed by atoms with van der Waals surface area (Å²) in [6.07, 6.45) is -1.36. The lowest BCUT2D eigenvalue weighted by atomic mass is 10.0. The number of benzene rings is 3. The predicted octanol–water partition coefficient (Wildman–Crippen LogP) is 5.20. The number of rotatable bonds is 4. The van der Waals surface area contributed by atoms with E-state index >= 15 is 0 Å². The maximum absolute atomic E-state index is 11.0. The van der Waals surface area contributed by atoms with Gasteiger partial charge in [0, 0.05) is 0 Å². The summed E-state index contributed by atoms with van der Waals surface area (Å²) in [5.74, 6) is 1.43. The molecule has 3 aromatic carbocycles. The van der Waals surface area contributed by atoms with E-state index in [9.17, 15) is 4.79 Å². The maximum atomic E-state index is 11.0. The molecule has 0 aliphatic carbocycles. The first kappa shape index (κ1) is 14.7. The smallest absolute Gasteiger partial charge is 0.457 e. The summed E-state index contributed by atoms with van der Waals surface area (Å²) >= 11 is 0. The molecule has 0 aliphatic heterocycles. The van der Waals surface area contributed by atoms with E-state index in [1.54, 1.807) is 18.2 Å². The standard InChI is InChI=1S/C19H14O4/c20-19(21)23-17-13-7-12-16(22-15-10-5-2-6-11-15)18(17)14-8-3-1-4-9-14/h1-13H,(H,20,21). The van der Waals surface area contributed by atoms with E-state index in [-0.39, 0.29) is 5.75 Å². The largest absolute Gasteiger partial charge is 0.511 e. The third-order valence-corrected chi connectivity index (χ3v) is 3.22. The predicted molar refractivity (Wildman–Crippen MR) is 87.0 cm³/mol. The molecule has 3 rings (SSSR count). The van der Waals surface area contributed by atoms with Crippen molar-refractivity contribution >= 4 is 6.16 Å². The number of hydrogen-bond donors (Lipinski definition) is 1. The van der Waals surface area contributed by atoms with Gasteiger partial charge >= 0.3 is 6.16 Å². The van der Waals surface area contributed by atoms with Gasteiger partial charge in [-0.1, -0.05) is 54.6 Å². The minimum Gasteiger partial charge on any atom is -0.457 e. The van der Waals surface area contributed by atoms with Crippen LogP contribution in [0.4, 0.5) is 4.79 Å². The molecule has 4 nitrogen and oxygen atoms in total. The lowest BCUT2D eigenvalue weighted by Crippen LogP contribution is -2.04. The summed E-state index contributed by atoms with van der Waals surface area (Å²) in [4.78, 5) is 11.0. The molecule has 1 N–H and O–H groups in total. The van der Waals surface area contributed by atoms with Crippen molar-refractivity contribution in [3.8, 4) is 28.4 Å². The van der Waals surface area contributed by atoms with Gasteiger partial charge in [-0.15, -0.1) is 0 Å². The molecule has 0 fully saturated rings. The zero-order valence-corrected chi connectivity index (χ0v) is 12.2. The lowest BCUT2D eigenvalue weighted by molar-refractivity contribution is 0.144. The Morgan fingerprint density at radius 2 is 1.35 bits per heavy atom. The minimum atomic E-state index is -1.36. The molecule has 0 heterocycles. The normalized spacial score (nSPS) is 10.1. The van der Waals surface area contributed by atoms with Crippen LogP contribution in [0, 0.1) is 0 Å². The highest BCUT2D eigenvalue weighted by Gasteiger charge is 2.16. The van der Waals surface area contributed by atoms with Crippen molar-refractivity contribution in [3.05, 3.63) is 78.9 Å². The van der Waals surface area contributed by atoms with Crippen molar-refractivity contribution < 1.29 is 19.4 Å². The summed E-state index contributed by atoms with van der Waals surface area (Å²) in [6.45, 7) is 0. The van der Waals surface area contributed by atoms with Gasteiger partial charge in [-0.05, 0) is 29.8 Å². The van der Waals surface area contributed by atoms with Gasteiger partial charge in [0.05, 0.1) is 5.56 Å². The van der Waals surface area contributed by atoms with Crippen molar-refractivity contribution in [2.75, 3.05) is 0 Å². The summed E-state index contributed by atoms with van der Waals surface area (Å²) in [6, 6.07) is 23.8. The molecule has 0 radical (unpaired) electrons. The van der Waals surface area contributed by atoms with Crippen LogP contribution in [0.15, 0.2) is 78.9 Å². The summed E-state index contributed by atoms with van der Waals surface area (Å²) in [5.41, 5.74) is 1.41. The fourth-order valence-electron chi connectivity index (χ4n) is 2.28. The fourth-order valence-corrected chi connectivity index (χ4v) is 2.28. The van der Waals surface area contributed by atoms with Crippen LogP contribution in [-0.4, -0.2) is 11.3 Å². The van der Waals surface area contributed by atoms with E-state index < -0.39 is 6.16 Å². The van der Waals surface area contributed by atoms with E-state index in [1.807, 2.05) is 60.7 Å². The fraction of sp³-hybridized carbons (Fsp3) is 0. The first-order valence-corrected chi connectivity index (χ1v) is 7.06. The van der Waals surface area contributed by atoms with Crippen LogP contribution in [0.5, 0.6) is 17.2 Å². The molecule has 3 aromatic rings. The molecule has 114 valence electrons. The molecule has 0 atom stereocenters. The maximum Gasteiger partial charge on any atom is 0.511 e. The Bertz CT molecular complexity index is 798. The quantitative estimate of drug-likeness (QED) is 0.531. The van der Waals surface area contributed by atoms with Gasteiger partial charge in [-0.25, -0.2) is 4.79 Å². The first-order chi connectivity index (χ1) is 11.2. The molecule has 0 amide bonds. The van der Waals surface area contributed by atoms with Crippen LogP contribution < -0.4 is 9.47 Å². The number of para-hydroxylation sites is 1. The molecular weight excluding hydrogens is 292 g/mol. The van der Waals surface area contributed by atoms with Crippen molar-refractivity contribution in [2.45, 2.75) is 0 Å². The molecule has 23 heavy (non-hydrogen) atoms. The molecule has 0 unspecified atom stereocenters. The average molecular weight is 306 g/mol. The zero-order chi connectivity index (χ0) is 16.1. The second-order valence-electron chi connectivity index (χ2n) is 4.78. The zero-order valence-electron chi connectivity index (χ0n) is 12.2. The van der Waals surface area contributed by atoms with Gasteiger partial charge in [0.25, 0.3) is 0 Å². The van der Waals surface area contributed by atoms with E-state index in [1.165, 1.54) is 0 Å². The minimum absolute atomic E-state index is 0.233. The van der Waals surface area contributed by atoms with E-state index in [0.717, 1.165) is 5.56 Å². The van der Waals surface area contributed by atoms with Crippen molar-refractivity contribution in [1.29, 1.82) is 0 Å². The average Bonchev–Trinajstić information content (AvgIpc) is 2.56. The molecule has 4 heteroatoms. The van der Waals surface area contributed by atoms with Gasteiger partial charge < -0.3 is 14.6 Å². The van der Waals surface area contributed by atoms with Crippen LogP contribution in [-0.2, 0) is 0 Å². The Balaban J connectivity index is 2.09. The molecule has 0 bridgehead atoms. The van der Waals surface area contributed by atoms with Crippen LogP contribution in [0.1, 0.15) is 0 Å². The number of carboxylic acid groups (broad SMARTS) is 1. The van der Waals surface area contributed by atoms with E-state index in [2.05, 4.69) is 0 Å². The summed E-state index contributed by atoms with van der Waals surface area (Å²) in [7, 11) is 0. The monoisotopic (exact) mass is 306 g/mol. The van der Waals surface area contributed by atoms with Gasteiger partial charge in [0.15, 0.2) is 0 Å². The lowest BCUT2D eigenvalue weighted by Gasteiger charge is -2.14. The molecule has 0 spiro atoms. The highest BCUT2D eigenvalue weighted by atomic mass is 16.7. The Kier molecular flexibility index (Phi) is 4.25. The molecule has 0 saturated heterocycles. The van der Waals surface area contributed by atoms with Gasteiger partial charge in [-0.2, -0.15) is 0 Å². The number of hydrogen-bond acceptors (Lipinski definition) is 3. The number of ether oxygens (including phenoxy) is 2. The van der Waals surface area contributed by atoms with Gasteiger partial charge in [0.2, 0.25) is 0 Å². The van der Waals surface area contributed by atoms with Crippen molar-refractivity contribution in [1.82, 2.24) is 0 Å². The van der Waals surface area contributed by atoms with Crippen molar-refractivity contribution in [3.63, 3.8) is 0 Å². The van der Waals surface area contributed by atoms with Crippen LogP contribution >= 0.6 is 0 Å². The third kappa shape index (κ3) is 3.49. The highest BCUT2D eigenvalue weighted by molar-refractivity contribution is 5.79. The Hall–Kier alpha value is -3.27. The van der Waals surface area contributed by atoms with Crippen LogP contribution in [0.25, 0.3) is 11.1 Å². The van der Waals surface area contributed by atoms with Crippen molar-refractivity contribution in [2.24, 2.45) is 0 Å². The SMILES string of the molecule is O=C(O)Oc1cccc(Oc2ccccc2)c1-c1ccccc1. The summed E-state index contributed by atoms with van der Waals surface area (Å²) in [5, 5.41) is 8.96. The van der Waals surface area contributed by atoms with Crippen LogP contribution in [0.3, 0.4) is 0 Å². The molecule has 0 saturated carbocycles. The second kappa shape index (κ2) is 6.66. The Morgan fingerprint density at radius 3 is 2.00 bits per heavy atom. The van der Waals surface area contributed by atoms with Crippen LogP contribution in [0.2, 0.25) is 0 Å². The van der Waals surface area contributed by atoms with Gasteiger partial charge in [-0.3, -0.25) is 0 Å². The topological polar surface area (TPSA) is 55.8 Å². The third-order valence-electron chi connectivity index (χ3n) is 3.22. The Morgan fingerprint density at radius 1 is 0.739 bits per heavy atom. The van der Waals surface area contributed by atoms with E-state index in [0.29, 0.717) is 17.1 Å². The first-order valence-electron chi connectivity index (χ1n) is 7.06. The van der Waals surface area contributed by atoms with Gasteiger partial charge in [0.1, 0.15) is 17.2 Å². The molecule has 0 aromatic heterocycles. The van der Waals surface area contributed by atoms with E-state index in [4.69, 9.17) is 14.6 Å². The number of carbonyl (C=O) groups is 1. The molecule has 0 aliphatic rings.